The van der Waals surface area contributed by atoms with E-state index in [0.717, 1.165) is 13.0 Å². The molecule has 22 heteroatoms. The smallest absolute Gasteiger partial charge is 0.200 e. The first kappa shape index (κ1) is 48.4. The lowest BCUT2D eigenvalue weighted by atomic mass is 9.12. The van der Waals surface area contributed by atoms with Crippen molar-refractivity contribution in [3.63, 3.8) is 0 Å². The molecular formula is C39H26BF20N. The molecule has 0 aliphatic heterocycles. The van der Waals surface area contributed by atoms with E-state index in [-0.39, 0.29) is 0 Å². The van der Waals surface area contributed by atoms with Gasteiger partial charge in [-0.1, -0.05) is 31.2 Å². The zero-order chi connectivity index (χ0) is 46.5. The van der Waals surface area contributed by atoms with Crippen LogP contribution in [0, 0.1) is 116 Å². The van der Waals surface area contributed by atoms with Crippen molar-refractivity contribution in [3.05, 3.63) is 152 Å². The van der Waals surface area contributed by atoms with Gasteiger partial charge in [-0.15, -0.1) is 21.9 Å². The van der Waals surface area contributed by atoms with Crippen LogP contribution >= 0.6 is 0 Å². The van der Waals surface area contributed by atoms with Gasteiger partial charge in [-0.25, -0.2) is 87.8 Å². The number of hydrogen-bond donors (Lipinski definition) is 1. The molecule has 330 valence electrons. The molecule has 0 bridgehead atoms. The summed E-state index contributed by atoms with van der Waals surface area (Å²) in [5.74, 6) is -71.4. The van der Waals surface area contributed by atoms with E-state index in [4.69, 9.17) is 0 Å². The van der Waals surface area contributed by atoms with Gasteiger partial charge in [-0.3, -0.25) is 0 Å². The van der Waals surface area contributed by atoms with Gasteiger partial charge in [-0.05, 0) is 39.7 Å². The molecule has 0 aliphatic carbocycles. The maximum atomic E-state index is 15.4. The predicted octanol–water partition coefficient (Wildman–Crippen LogP) is 8.30. The van der Waals surface area contributed by atoms with Crippen LogP contribution in [0.1, 0.15) is 45.7 Å². The molecule has 1 nitrogen and oxygen atoms in total. The summed E-state index contributed by atoms with van der Waals surface area (Å²) < 4.78 is 294. The molecule has 0 spiro atoms. The molecule has 5 rings (SSSR count). The van der Waals surface area contributed by atoms with Gasteiger partial charge in [0.1, 0.15) is 59.2 Å². The molecule has 0 aliphatic rings. The average Bonchev–Trinajstić information content (AvgIpc) is 3.22. The Morgan fingerprint density at radius 1 is 0.361 bits per heavy atom. The van der Waals surface area contributed by atoms with Crippen molar-refractivity contribution >= 4 is 28.0 Å². The lowest BCUT2D eigenvalue weighted by molar-refractivity contribution is -0.955. The topological polar surface area (TPSA) is 4.44 Å². The van der Waals surface area contributed by atoms with Crippen molar-refractivity contribution in [2.75, 3.05) is 0 Å². The third-order valence-corrected chi connectivity index (χ3v) is 10.00. The second-order valence-corrected chi connectivity index (χ2v) is 14.0. The Morgan fingerprint density at radius 3 is 0.787 bits per heavy atom. The molecule has 5 aromatic carbocycles. The van der Waals surface area contributed by atoms with Gasteiger partial charge in [-0.2, -0.15) is 0 Å². The fraction of sp³-hybridized carbons (Fsp3) is 0.231. The fourth-order valence-corrected chi connectivity index (χ4v) is 7.14. The van der Waals surface area contributed by atoms with Crippen LogP contribution in [-0.2, 0) is 13.0 Å². The maximum Gasteiger partial charge on any atom is 0.200 e. The highest BCUT2D eigenvalue weighted by Gasteiger charge is 2.52. The molecular weight excluding hydrogens is 873 g/mol. The Bertz CT molecular complexity index is 2130. The van der Waals surface area contributed by atoms with Crippen LogP contribution < -0.4 is 26.8 Å². The number of hydrogen-bond acceptors (Lipinski definition) is 0. The van der Waals surface area contributed by atoms with E-state index in [1.165, 1.54) is 11.1 Å². The number of aryl methyl sites for hydroxylation is 1. The summed E-state index contributed by atoms with van der Waals surface area (Å²) in [6.07, 6.45) is -6.09. The summed E-state index contributed by atoms with van der Waals surface area (Å²) in [7, 11) is 0. The summed E-state index contributed by atoms with van der Waals surface area (Å²) in [4.78, 5) is 1.66. The van der Waals surface area contributed by atoms with E-state index in [1.807, 2.05) is 0 Å². The molecule has 0 unspecified atom stereocenters. The molecule has 61 heavy (non-hydrogen) atoms. The largest absolute Gasteiger partial charge is 0.327 e. The first-order valence-electron chi connectivity index (χ1n) is 17.4. The van der Waals surface area contributed by atoms with Gasteiger partial charge in [0.2, 0.25) is 0 Å². The summed E-state index contributed by atoms with van der Waals surface area (Å²) in [6.45, 7) is 12.6. The van der Waals surface area contributed by atoms with Gasteiger partial charge in [0.25, 0.3) is 0 Å². The van der Waals surface area contributed by atoms with E-state index in [2.05, 4.69) is 58.9 Å². The number of halogens is 20. The van der Waals surface area contributed by atoms with E-state index in [1.54, 1.807) is 4.90 Å². The highest BCUT2D eigenvalue weighted by Crippen LogP contribution is 2.30. The van der Waals surface area contributed by atoms with E-state index in [9.17, 15) is 52.7 Å². The zero-order valence-corrected chi connectivity index (χ0v) is 31.5. The molecule has 1 N–H and O–H groups in total. The Kier molecular flexibility index (Phi) is 14.3. The van der Waals surface area contributed by atoms with Crippen LogP contribution in [0.5, 0.6) is 0 Å². The molecule has 0 atom stereocenters. The van der Waals surface area contributed by atoms with Crippen LogP contribution in [0.2, 0.25) is 0 Å². The number of quaternary nitrogens is 1. The summed E-state index contributed by atoms with van der Waals surface area (Å²) >= 11 is 0. The monoisotopic (exact) mass is 899 g/mol. The summed E-state index contributed by atoms with van der Waals surface area (Å²) in [5.41, 5.74) is -11.4. The second kappa shape index (κ2) is 18.0. The molecule has 0 aromatic heterocycles. The zero-order valence-electron chi connectivity index (χ0n) is 31.5. The van der Waals surface area contributed by atoms with Gasteiger partial charge in [0.15, 0.2) is 69.8 Å². The second-order valence-electron chi connectivity index (χ2n) is 14.0. The molecule has 5 aromatic rings. The Labute approximate surface area is 332 Å². The van der Waals surface area contributed by atoms with Crippen LogP contribution in [0.4, 0.5) is 87.8 Å². The number of nitrogens with one attached hydrogen (secondary N) is 1. The molecule has 0 saturated carbocycles. The molecule has 0 amide bonds. The molecule has 0 radical (unpaired) electrons. The summed E-state index contributed by atoms with van der Waals surface area (Å²) in [5, 5.41) is 0. The number of benzene rings is 5. The summed E-state index contributed by atoms with van der Waals surface area (Å²) in [6, 6.07) is 10.4. The first-order valence-corrected chi connectivity index (χ1v) is 17.4. The molecule has 0 fully saturated rings. The highest BCUT2D eigenvalue weighted by molar-refractivity contribution is 7.20. The van der Waals surface area contributed by atoms with Crippen LogP contribution in [0.25, 0.3) is 0 Å². The minimum Gasteiger partial charge on any atom is -0.327 e. The van der Waals surface area contributed by atoms with Crippen LogP contribution in [0.3, 0.4) is 0 Å². The van der Waals surface area contributed by atoms with Gasteiger partial charge in [0, 0.05) is 5.56 Å². The first-order chi connectivity index (χ1) is 28.2. The Hall–Kier alpha value is -5.28. The SMILES string of the molecule is CCc1cccc(C[NH+](C(C)C)C(C)C)c1.Fc1c(F)c(F)c([B-](c2c(F)c(F)c(F)c(F)c2F)(c2c(F)c(F)c(F)c(F)c2F)c2c(F)c(F)c(F)c(F)c2F)c(F)c1F. The Balaban J connectivity index is 0.000000430. The molecule has 0 saturated heterocycles. The highest BCUT2D eigenvalue weighted by atomic mass is 19.2. The fourth-order valence-electron chi connectivity index (χ4n) is 7.14. The van der Waals surface area contributed by atoms with Gasteiger partial charge in [0.05, 0.1) is 12.1 Å². The van der Waals surface area contributed by atoms with Crippen LogP contribution in [-0.4, -0.2) is 18.2 Å². The standard InChI is InChI=1S/C24BF20.C15H25N/c26-5-1(6(27)14(35)21(42)13(5)34)25(2-7(28)15(36)22(43)16(37)8(2)29,3-9(30)17(38)23(44)18(39)10(3)31)4-11(32)19(40)24(45)20(41)12(4)33;1-6-14-8-7-9-15(10-14)11-16(12(2)3)13(4)5/h;7-10,12-13H,6,11H2,1-5H3/q-1;/p+1. The van der Waals surface area contributed by atoms with E-state index >= 15 is 35.1 Å². The minimum absolute atomic E-state index is 0.685. The quantitative estimate of drug-likeness (QED) is 0.0658. The van der Waals surface area contributed by atoms with Crippen molar-refractivity contribution < 1.29 is 92.7 Å². The maximum absolute atomic E-state index is 15.4. The van der Waals surface area contributed by atoms with E-state index in [0.29, 0.717) is 12.1 Å². The van der Waals surface area contributed by atoms with Gasteiger partial charge < -0.3 is 4.90 Å². The van der Waals surface area contributed by atoms with Crippen molar-refractivity contribution in [3.8, 4) is 0 Å². The van der Waals surface area contributed by atoms with Crippen molar-refractivity contribution in [1.29, 1.82) is 0 Å². The third kappa shape index (κ3) is 7.91. The average molecular weight is 899 g/mol. The van der Waals surface area contributed by atoms with E-state index < -0.39 is 144 Å². The minimum atomic E-state index is -7.22. The normalized spacial score (nSPS) is 11.9. The predicted molar refractivity (Wildman–Crippen MR) is 180 cm³/mol. The Morgan fingerprint density at radius 2 is 0.574 bits per heavy atom. The van der Waals surface area contributed by atoms with Crippen molar-refractivity contribution in [1.82, 2.24) is 0 Å². The van der Waals surface area contributed by atoms with Crippen molar-refractivity contribution in [2.45, 2.75) is 59.7 Å². The van der Waals surface area contributed by atoms with Crippen LogP contribution in [0.15, 0.2) is 24.3 Å². The number of rotatable bonds is 9. The molecule has 0 heterocycles. The lowest BCUT2D eigenvalue weighted by Crippen LogP contribution is -3.16. The van der Waals surface area contributed by atoms with Crippen molar-refractivity contribution in [2.24, 2.45) is 0 Å². The van der Waals surface area contributed by atoms with Gasteiger partial charge >= 0.3 is 0 Å². The lowest BCUT2D eigenvalue weighted by Gasteiger charge is -2.44. The third-order valence-electron chi connectivity index (χ3n) is 10.00.